The smallest absolute Gasteiger partial charge is 0.329 e. The summed E-state index contributed by atoms with van der Waals surface area (Å²) in [6.45, 7) is 0. The number of anilines is 1. The molecule has 0 saturated heterocycles. The number of carbonyl (C=O) groups is 2. The molecule has 8 heteroatoms. The lowest BCUT2D eigenvalue weighted by molar-refractivity contribution is -0.136. The van der Waals surface area contributed by atoms with Crippen LogP contribution in [-0.2, 0) is 9.59 Å². The Balaban J connectivity index is 1.93. The molecule has 25 heavy (non-hydrogen) atoms. The summed E-state index contributed by atoms with van der Waals surface area (Å²) in [6.07, 6.45) is 1.40. The molecule has 2 aromatic carbocycles. The zero-order valence-corrected chi connectivity index (χ0v) is 15.2. The minimum Gasteiger partial charge on any atom is -0.493 e. The quantitative estimate of drug-likeness (QED) is 0.454. The lowest BCUT2D eigenvalue weighted by Gasteiger charge is -2.07. The van der Waals surface area contributed by atoms with Gasteiger partial charge in [0, 0.05) is 10.2 Å². The topological polar surface area (TPSA) is 89.0 Å². The van der Waals surface area contributed by atoms with Crippen LogP contribution in [0.3, 0.4) is 0 Å². The molecular weight excluding hydrogens is 390 g/mol. The molecule has 0 atom stereocenters. The standard InChI is InChI=1S/C17H16BrN3O4/c1-24-14-8-3-11(9-15(14)25-2)10-19-21-17(23)16(22)20-13-6-4-12(18)5-7-13/h3-10H,1-2H3,(H,20,22)(H,21,23)/b19-10+. The van der Waals surface area contributed by atoms with Crippen molar-refractivity contribution in [2.75, 3.05) is 19.5 Å². The molecule has 2 N–H and O–H groups in total. The average Bonchev–Trinajstić information content (AvgIpc) is 2.63. The molecule has 0 aliphatic rings. The summed E-state index contributed by atoms with van der Waals surface area (Å²) in [5.41, 5.74) is 3.34. The van der Waals surface area contributed by atoms with Crippen molar-refractivity contribution in [2.24, 2.45) is 5.10 Å². The van der Waals surface area contributed by atoms with Crippen LogP contribution < -0.4 is 20.2 Å². The van der Waals surface area contributed by atoms with Crippen LogP contribution in [0.15, 0.2) is 52.0 Å². The SMILES string of the molecule is COc1ccc(/C=N/NC(=O)C(=O)Nc2ccc(Br)cc2)cc1OC. The Bertz CT molecular complexity index is 791. The fourth-order valence-corrected chi connectivity index (χ4v) is 2.13. The van der Waals surface area contributed by atoms with Crippen LogP contribution in [0.25, 0.3) is 0 Å². The molecule has 2 aromatic rings. The monoisotopic (exact) mass is 405 g/mol. The number of hydrazone groups is 1. The van der Waals surface area contributed by atoms with E-state index in [1.54, 1.807) is 42.5 Å². The molecule has 0 heterocycles. The number of nitrogens with one attached hydrogen (secondary N) is 2. The van der Waals surface area contributed by atoms with Crippen molar-refractivity contribution in [3.63, 3.8) is 0 Å². The van der Waals surface area contributed by atoms with E-state index in [2.05, 4.69) is 31.8 Å². The first-order chi connectivity index (χ1) is 12.0. The average molecular weight is 406 g/mol. The molecule has 0 radical (unpaired) electrons. The largest absolute Gasteiger partial charge is 0.493 e. The minimum atomic E-state index is -0.875. The van der Waals surface area contributed by atoms with E-state index in [-0.39, 0.29) is 0 Å². The van der Waals surface area contributed by atoms with Gasteiger partial charge in [-0.15, -0.1) is 0 Å². The van der Waals surface area contributed by atoms with Crippen molar-refractivity contribution in [2.45, 2.75) is 0 Å². The number of carbonyl (C=O) groups excluding carboxylic acids is 2. The number of benzene rings is 2. The second-order valence-corrected chi connectivity index (χ2v) is 5.69. The first-order valence-corrected chi connectivity index (χ1v) is 7.94. The predicted molar refractivity (Wildman–Crippen MR) is 98.1 cm³/mol. The van der Waals surface area contributed by atoms with Crippen LogP contribution >= 0.6 is 15.9 Å². The Morgan fingerprint density at radius 1 is 1.00 bits per heavy atom. The first kappa shape index (κ1) is 18.5. The van der Waals surface area contributed by atoms with E-state index in [1.165, 1.54) is 20.4 Å². The van der Waals surface area contributed by atoms with Crippen molar-refractivity contribution in [1.82, 2.24) is 5.43 Å². The van der Waals surface area contributed by atoms with Gasteiger partial charge in [0.2, 0.25) is 0 Å². The highest BCUT2D eigenvalue weighted by atomic mass is 79.9. The van der Waals surface area contributed by atoms with E-state index < -0.39 is 11.8 Å². The first-order valence-electron chi connectivity index (χ1n) is 7.15. The van der Waals surface area contributed by atoms with Crippen molar-refractivity contribution in [3.05, 3.63) is 52.5 Å². The van der Waals surface area contributed by atoms with Gasteiger partial charge in [0.15, 0.2) is 11.5 Å². The third kappa shape index (κ3) is 5.32. The zero-order valence-electron chi connectivity index (χ0n) is 13.6. The lowest BCUT2D eigenvalue weighted by Crippen LogP contribution is -2.32. The van der Waals surface area contributed by atoms with Crippen LogP contribution in [0.2, 0.25) is 0 Å². The van der Waals surface area contributed by atoms with Crippen molar-refractivity contribution in [3.8, 4) is 11.5 Å². The second kappa shape index (κ2) is 8.84. The third-order valence-corrected chi connectivity index (χ3v) is 3.62. The summed E-state index contributed by atoms with van der Waals surface area (Å²) in [7, 11) is 3.06. The molecule has 0 spiro atoms. The van der Waals surface area contributed by atoms with Crippen LogP contribution in [-0.4, -0.2) is 32.2 Å². The number of halogens is 1. The number of ether oxygens (including phenoxy) is 2. The normalized spacial score (nSPS) is 10.4. The maximum absolute atomic E-state index is 11.8. The minimum absolute atomic E-state index is 0.507. The van der Waals surface area contributed by atoms with E-state index in [4.69, 9.17) is 9.47 Å². The van der Waals surface area contributed by atoms with E-state index in [1.807, 2.05) is 0 Å². The Hall–Kier alpha value is -2.87. The van der Waals surface area contributed by atoms with Gasteiger partial charge in [0.1, 0.15) is 0 Å². The van der Waals surface area contributed by atoms with Crippen LogP contribution in [0.5, 0.6) is 11.5 Å². The van der Waals surface area contributed by atoms with E-state index in [0.717, 1.165) is 4.47 Å². The van der Waals surface area contributed by atoms with Crippen LogP contribution in [0.1, 0.15) is 5.56 Å². The highest BCUT2D eigenvalue weighted by Crippen LogP contribution is 2.26. The van der Waals surface area contributed by atoms with Gasteiger partial charge >= 0.3 is 11.8 Å². The molecule has 0 fully saturated rings. The van der Waals surface area contributed by atoms with Gasteiger partial charge in [-0.3, -0.25) is 9.59 Å². The summed E-state index contributed by atoms with van der Waals surface area (Å²) in [4.78, 5) is 23.5. The molecule has 2 rings (SSSR count). The highest BCUT2D eigenvalue weighted by Gasteiger charge is 2.12. The highest BCUT2D eigenvalue weighted by molar-refractivity contribution is 9.10. The van der Waals surface area contributed by atoms with E-state index >= 15 is 0 Å². The number of methoxy groups -OCH3 is 2. The van der Waals surface area contributed by atoms with Gasteiger partial charge in [0.25, 0.3) is 0 Å². The molecule has 0 aliphatic carbocycles. The fourth-order valence-electron chi connectivity index (χ4n) is 1.87. The van der Waals surface area contributed by atoms with Gasteiger partial charge in [-0.05, 0) is 48.0 Å². The van der Waals surface area contributed by atoms with Crippen molar-refractivity contribution in [1.29, 1.82) is 0 Å². The fraction of sp³-hybridized carbons (Fsp3) is 0.118. The predicted octanol–water partition coefficient (Wildman–Crippen LogP) is 2.56. The Morgan fingerprint density at radius 2 is 1.68 bits per heavy atom. The van der Waals surface area contributed by atoms with Crippen LogP contribution in [0, 0.1) is 0 Å². The number of nitrogens with zero attached hydrogens (tertiary/aromatic N) is 1. The lowest BCUT2D eigenvalue weighted by atomic mass is 10.2. The molecule has 0 bridgehead atoms. The summed E-state index contributed by atoms with van der Waals surface area (Å²) < 4.78 is 11.2. The molecule has 0 aliphatic heterocycles. The number of hydrogen-bond donors (Lipinski definition) is 2. The molecule has 0 saturated carbocycles. The third-order valence-electron chi connectivity index (χ3n) is 3.10. The summed E-state index contributed by atoms with van der Waals surface area (Å²) in [6, 6.07) is 12.0. The Kier molecular flexibility index (Phi) is 6.53. The maximum Gasteiger partial charge on any atom is 0.329 e. The molecule has 2 amide bonds. The number of rotatable bonds is 5. The molecule has 130 valence electrons. The van der Waals surface area contributed by atoms with Crippen LogP contribution in [0.4, 0.5) is 5.69 Å². The molecule has 0 unspecified atom stereocenters. The number of hydrogen-bond acceptors (Lipinski definition) is 5. The Labute approximate surface area is 153 Å². The molecular formula is C17H16BrN3O4. The van der Waals surface area contributed by atoms with Gasteiger partial charge in [0.05, 0.1) is 20.4 Å². The zero-order chi connectivity index (χ0) is 18.2. The molecule has 7 nitrogen and oxygen atoms in total. The van der Waals surface area contributed by atoms with Crippen molar-refractivity contribution < 1.29 is 19.1 Å². The Morgan fingerprint density at radius 3 is 2.32 bits per heavy atom. The summed E-state index contributed by atoms with van der Waals surface area (Å²) in [5, 5.41) is 6.23. The second-order valence-electron chi connectivity index (χ2n) is 4.77. The summed E-state index contributed by atoms with van der Waals surface area (Å²) >= 11 is 3.29. The van der Waals surface area contributed by atoms with E-state index in [9.17, 15) is 9.59 Å². The maximum atomic E-state index is 11.8. The molecule has 0 aromatic heterocycles. The van der Waals surface area contributed by atoms with Gasteiger partial charge in [-0.1, -0.05) is 15.9 Å². The van der Waals surface area contributed by atoms with Crippen molar-refractivity contribution >= 4 is 39.6 Å². The number of amides is 2. The van der Waals surface area contributed by atoms with Gasteiger partial charge in [-0.2, -0.15) is 5.10 Å². The summed E-state index contributed by atoms with van der Waals surface area (Å²) in [5.74, 6) is -0.574. The van der Waals surface area contributed by atoms with E-state index in [0.29, 0.717) is 22.7 Å². The van der Waals surface area contributed by atoms with Gasteiger partial charge < -0.3 is 14.8 Å². The van der Waals surface area contributed by atoms with Gasteiger partial charge in [-0.25, -0.2) is 5.43 Å².